The lowest BCUT2D eigenvalue weighted by Gasteiger charge is -2.35. The van der Waals surface area contributed by atoms with Gasteiger partial charge in [0, 0.05) is 6.61 Å². The average molecular weight is 310 g/mol. The molecular formula is C9H13BrFN3O3. The van der Waals surface area contributed by atoms with Crippen LogP contribution < -0.4 is 5.43 Å². The quantitative estimate of drug-likeness (QED) is 0.359. The zero-order chi connectivity index (χ0) is 12.6. The van der Waals surface area contributed by atoms with E-state index in [2.05, 4.69) is 21.4 Å². The van der Waals surface area contributed by atoms with Gasteiger partial charge in [0.25, 0.3) is 5.70 Å². The van der Waals surface area contributed by atoms with E-state index in [4.69, 9.17) is 4.74 Å². The van der Waals surface area contributed by atoms with E-state index >= 15 is 0 Å². The molecule has 0 aromatic carbocycles. The van der Waals surface area contributed by atoms with E-state index in [0.717, 1.165) is 0 Å². The molecule has 3 atom stereocenters. The highest BCUT2D eigenvalue weighted by Gasteiger charge is 2.42. The van der Waals surface area contributed by atoms with Crippen LogP contribution in [0.5, 0.6) is 0 Å². The van der Waals surface area contributed by atoms with Crippen molar-refractivity contribution >= 4 is 15.9 Å². The summed E-state index contributed by atoms with van der Waals surface area (Å²) in [5, 5.41) is 12.4. The van der Waals surface area contributed by atoms with Crippen LogP contribution in [0.15, 0.2) is 11.4 Å². The largest absolute Gasteiger partial charge is 0.378 e. The minimum atomic E-state index is -1.14. The molecule has 0 radical (unpaired) electrons. The molecule has 0 amide bonds. The second kappa shape index (κ2) is 4.87. The highest BCUT2D eigenvalue weighted by Crippen LogP contribution is 2.30. The highest BCUT2D eigenvalue weighted by molar-refractivity contribution is 9.09. The van der Waals surface area contributed by atoms with Gasteiger partial charge in [0.1, 0.15) is 11.9 Å². The number of hydrogen-bond acceptors (Lipinski definition) is 5. The maximum Gasteiger partial charge on any atom is 0.295 e. The van der Waals surface area contributed by atoms with E-state index in [-0.39, 0.29) is 12.3 Å². The number of rotatable bonds is 2. The van der Waals surface area contributed by atoms with Crippen molar-refractivity contribution in [1.82, 2.24) is 10.4 Å². The molecule has 3 unspecified atom stereocenters. The topological polar surface area (TPSA) is 67.6 Å². The number of nitro groups is 1. The van der Waals surface area contributed by atoms with Crippen molar-refractivity contribution in [2.75, 3.05) is 13.2 Å². The number of hydrogen-bond donors (Lipinski definition) is 1. The van der Waals surface area contributed by atoms with Gasteiger partial charge >= 0.3 is 0 Å². The molecule has 8 heteroatoms. The van der Waals surface area contributed by atoms with Crippen LogP contribution in [0.4, 0.5) is 4.39 Å². The van der Waals surface area contributed by atoms with Gasteiger partial charge in [-0.3, -0.25) is 15.1 Å². The summed E-state index contributed by atoms with van der Waals surface area (Å²) in [6.45, 7) is 2.13. The molecule has 1 fully saturated rings. The molecule has 0 aromatic rings. The molecule has 96 valence electrons. The summed E-state index contributed by atoms with van der Waals surface area (Å²) in [6, 6.07) is -0.416. The lowest BCUT2D eigenvalue weighted by molar-refractivity contribution is -0.427. The molecule has 2 heterocycles. The summed E-state index contributed by atoms with van der Waals surface area (Å²) >= 11 is 3.17. The fraction of sp³-hybridized carbons (Fsp3) is 0.778. The van der Waals surface area contributed by atoms with E-state index in [1.807, 2.05) is 0 Å². The smallest absolute Gasteiger partial charge is 0.295 e. The second-order valence-corrected chi connectivity index (χ2v) is 4.95. The number of nitrogens with one attached hydrogen (secondary N) is 1. The zero-order valence-corrected chi connectivity index (χ0v) is 10.8. The predicted octanol–water partition coefficient (Wildman–Crippen LogP) is 1.16. The predicted molar refractivity (Wildman–Crippen MR) is 61.5 cm³/mol. The van der Waals surface area contributed by atoms with Crippen LogP contribution in [-0.4, -0.2) is 40.3 Å². The van der Waals surface area contributed by atoms with Gasteiger partial charge in [-0.05, 0) is 13.3 Å². The van der Waals surface area contributed by atoms with Crippen LogP contribution in [0.3, 0.4) is 0 Å². The number of hydrazine groups is 1. The van der Waals surface area contributed by atoms with E-state index in [1.54, 1.807) is 11.9 Å². The molecule has 6 nitrogen and oxygen atoms in total. The van der Waals surface area contributed by atoms with E-state index in [0.29, 0.717) is 18.7 Å². The number of ether oxygens (including phenoxy) is 1. The molecule has 2 aliphatic rings. The van der Waals surface area contributed by atoms with Crippen molar-refractivity contribution in [3.05, 3.63) is 21.5 Å². The van der Waals surface area contributed by atoms with Crippen molar-refractivity contribution in [3.63, 3.8) is 0 Å². The first-order valence-corrected chi connectivity index (χ1v) is 6.20. The van der Waals surface area contributed by atoms with Crippen molar-refractivity contribution in [2.24, 2.45) is 0 Å². The summed E-state index contributed by atoms with van der Waals surface area (Å²) in [5.74, 6) is 0. The van der Waals surface area contributed by atoms with Gasteiger partial charge in [-0.15, -0.1) is 0 Å². The Balaban J connectivity index is 2.20. The maximum absolute atomic E-state index is 13.7. The SMILES string of the molecule is CC1=C([N+](=O)[O-])C(Br)NN1C1CCOCC1F. The normalized spacial score (nSPS) is 34.3. The summed E-state index contributed by atoms with van der Waals surface area (Å²) in [5.41, 5.74) is 3.36. The van der Waals surface area contributed by atoms with Gasteiger partial charge in [0.15, 0.2) is 4.95 Å². The Morgan fingerprint density at radius 3 is 2.94 bits per heavy atom. The molecule has 0 bridgehead atoms. The summed E-state index contributed by atoms with van der Waals surface area (Å²) in [7, 11) is 0. The monoisotopic (exact) mass is 309 g/mol. The van der Waals surface area contributed by atoms with Gasteiger partial charge in [-0.25, -0.2) is 9.82 Å². The Bertz CT molecular complexity index is 365. The Hall–Kier alpha value is -0.730. The molecule has 17 heavy (non-hydrogen) atoms. The van der Waals surface area contributed by atoms with E-state index in [1.165, 1.54) is 0 Å². The van der Waals surface area contributed by atoms with Gasteiger partial charge in [-0.2, -0.15) is 0 Å². The van der Waals surface area contributed by atoms with Gasteiger partial charge in [0.05, 0.1) is 17.6 Å². The molecule has 0 aliphatic carbocycles. The van der Waals surface area contributed by atoms with Gasteiger partial charge in [0.2, 0.25) is 0 Å². The lowest BCUT2D eigenvalue weighted by Crippen LogP contribution is -2.51. The van der Waals surface area contributed by atoms with Crippen molar-refractivity contribution in [3.8, 4) is 0 Å². The Kier molecular flexibility index (Phi) is 3.64. The van der Waals surface area contributed by atoms with Crippen molar-refractivity contribution in [1.29, 1.82) is 0 Å². The van der Waals surface area contributed by atoms with Crippen LogP contribution in [0.1, 0.15) is 13.3 Å². The van der Waals surface area contributed by atoms with Crippen molar-refractivity contribution in [2.45, 2.75) is 30.5 Å². The summed E-state index contributed by atoms with van der Waals surface area (Å²) in [6.07, 6.45) is -0.632. The third-order valence-corrected chi connectivity index (χ3v) is 3.64. The molecule has 2 aliphatic heterocycles. The Morgan fingerprint density at radius 2 is 2.41 bits per heavy atom. The number of nitrogens with zero attached hydrogens (tertiary/aromatic N) is 2. The summed E-state index contributed by atoms with van der Waals surface area (Å²) < 4.78 is 18.7. The third kappa shape index (κ3) is 2.29. The molecule has 1 saturated heterocycles. The van der Waals surface area contributed by atoms with Crippen LogP contribution in [0.2, 0.25) is 0 Å². The highest BCUT2D eigenvalue weighted by atomic mass is 79.9. The third-order valence-electron chi connectivity index (χ3n) is 3.01. The molecule has 1 N–H and O–H groups in total. The fourth-order valence-electron chi connectivity index (χ4n) is 2.14. The minimum absolute atomic E-state index is 0.0312. The number of allylic oxidation sites excluding steroid dienone is 1. The zero-order valence-electron chi connectivity index (χ0n) is 9.23. The molecule has 0 saturated carbocycles. The number of halogens is 2. The average Bonchev–Trinajstić information content (AvgIpc) is 2.55. The molecule has 2 rings (SSSR count). The van der Waals surface area contributed by atoms with Crippen LogP contribution >= 0.6 is 15.9 Å². The fourth-order valence-corrected chi connectivity index (χ4v) is 2.86. The lowest BCUT2D eigenvalue weighted by atomic mass is 10.1. The standard InChI is InChI=1S/C9H13BrFN3O3/c1-5-8(14(15)16)9(10)12-13(5)7-2-3-17-4-6(7)11/h6-7,9,12H,2-4H2,1H3. The first-order chi connectivity index (χ1) is 8.02. The van der Waals surface area contributed by atoms with Crippen molar-refractivity contribution < 1.29 is 14.1 Å². The van der Waals surface area contributed by atoms with E-state index in [9.17, 15) is 14.5 Å². The van der Waals surface area contributed by atoms with Gasteiger partial charge < -0.3 is 4.74 Å². The van der Waals surface area contributed by atoms with Crippen LogP contribution in [-0.2, 0) is 4.74 Å². The Labute approximate surface area is 106 Å². The first kappa shape index (κ1) is 12.7. The van der Waals surface area contributed by atoms with E-state index < -0.39 is 22.1 Å². The molecule has 0 aromatic heterocycles. The molecular weight excluding hydrogens is 297 g/mol. The Morgan fingerprint density at radius 1 is 1.71 bits per heavy atom. The maximum atomic E-state index is 13.7. The van der Waals surface area contributed by atoms with Crippen LogP contribution in [0, 0.1) is 10.1 Å². The van der Waals surface area contributed by atoms with Gasteiger partial charge in [-0.1, -0.05) is 15.9 Å². The molecule has 0 spiro atoms. The summed E-state index contributed by atoms with van der Waals surface area (Å²) in [4.78, 5) is 9.84. The minimum Gasteiger partial charge on any atom is -0.378 e. The first-order valence-electron chi connectivity index (χ1n) is 5.29. The number of alkyl halides is 2. The second-order valence-electron chi connectivity index (χ2n) is 4.04. The van der Waals surface area contributed by atoms with Crippen LogP contribution in [0.25, 0.3) is 0 Å².